The van der Waals surface area contributed by atoms with Crippen LogP contribution in [0.25, 0.3) is 0 Å². The third-order valence-corrected chi connectivity index (χ3v) is 3.79. The van der Waals surface area contributed by atoms with Crippen LogP contribution in [0.5, 0.6) is 11.5 Å². The molecular weight excluding hydrogens is 280 g/mol. The fourth-order valence-corrected chi connectivity index (χ4v) is 2.70. The molecule has 114 valence electrons. The number of nitrogens with one attached hydrogen (secondary N) is 1. The third kappa shape index (κ3) is 2.45. The van der Waals surface area contributed by atoms with E-state index in [4.69, 9.17) is 9.47 Å². The lowest BCUT2D eigenvalue weighted by molar-refractivity contribution is 0.257. The highest BCUT2D eigenvalue weighted by Gasteiger charge is 2.25. The van der Waals surface area contributed by atoms with Crippen molar-refractivity contribution < 1.29 is 14.3 Å². The van der Waals surface area contributed by atoms with E-state index < -0.39 is 0 Å². The second-order valence-electron chi connectivity index (χ2n) is 5.00. The van der Waals surface area contributed by atoms with Crippen LogP contribution in [0, 0.1) is 0 Å². The van der Waals surface area contributed by atoms with Crippen molar-refractivity contribution in [2.75, 3.05) is 31.0 Å². The number of amides is 2. The number of carbonyl (C=O) groups excluding carboxylic acids is 1. The number of carbonyl (C=O) groups is 1. The summed E-state index contributed by atoms with van der Waals surface area (Å²) in [5, 5.41) is 2.90. The Bertz CT molecular complexity index is 678. The lowest BCUT2D eigenvalue weighted by atomic mass is 10.2. The van der Waals surface area contributed by atoms with Crippen molar-refractivity contribution in [2.24, 2.45) is 0 Å². The molecule has 2 amide bonds. The Labute approximate surface area is 129 Å². The Morgan fingerprint density at radius 2 is 1.73 bits per heavy atom. The van der Waals surface area contributed by atoms with E-state index in [0.717, 1.165) is 12.1 Å². The molecule has 0 saturated carbocycles. The maximum atomic E-state index is 12.6. The van der Waals surface area contributed by atoms with Gasteiger partial charge in [-0.15, -0.1) is 0 Å². The second-order valence-corrected chi connectivity index (χ2v) is 5.00. The molecule has 5 nitrogen and oxygen atoms in total. The average molecular weight is 298 g/mol. The number of benzene rings is 2. The molecule has 0 saturated heterocycles. The summed E-state index contributed by atoms with van der Waals surface area (Å²) in [7, 11) is 3.13. The normalized spacial score (nSPS) is 12.7. The highest BCUT2D eigenvalue weighted by atomic mass is 16.5. The molecule has 0 atom stereocenters. The van der Waals surface area contributed by atoms with E-state index in [2.05, 4.69) is 5.32 Å². The Kier molecular flexibility index (Phi) is 3.87. The quantitative estimate of drug-likeness (QED) is 0.946. The van der Waals surface area contributed by atoms with E-state index in [9.17, 15) is 4.79 Å². The Morgan fingerprint density at radius 3 is 2.41 bits per heavy atom. The number of ether oxygens (including phenoxy) is 2. The van der Waals surface area contributed by atoms with Crippen LogP contribution in [0.4, 0.5) is 16.2 Å². The number of hydrogen-bond donors (Lipinski definition) is 1. The van der Waals surface area contributed by atoms with Crippen molar-refractivity contribution >= 4 is 17.4 Å². The van der Waals surface area contributed by atoms with Crippen molar-refractivity contribution in [3.63, 3.8) is 0 Å². The standard InChI is InChI=1S/C17H18N2O3/c1-21-14-8-5-9-15(22-2)16(14)18-17(20)19-11-10-12-6-3-4-7-13(12)19/h3-9H,10-11H2,1-2H3,(H,18,20). The molecule has 2 aromatic carbocycles. The molecule has 2 aromatic rings. The molecule has 0 bridgehead atoms. The molecule has 1 aliphatic heterocycles. The SMILES string of the molecule is COc1cccc(OC)c1NC(=O)N1CCc2ccccc21. The van der Waals surface area contributed by atoms with E-state index in [0.29, 0.717) is 23.7 Å². The second kappa shape index (κ2) is 5.97. The summed E-state index contributed by atoms with van der Waals surface area (Å²) in [6.45, 7) is 0.669. The maximum absolute atomic E-state index is 12.6. The van der Waals surface area contributed by atoms with E-state index in [1.807, 2.05) is 30.3 Å². The lowest BCUT2D eigenvalue weighted by Crippen LogP contribution is -2.33. The van der Waals surface area contributed by atoms with Crippen LogP contribution in [0.1, 0.15) is 5.56 Å². The van der Waals surface area contributed by atoms with Crippen LogP contribution >= 0.6 is 0 Å². The first kappa shape index (κ1) is 14.3. The first-order valence-electron chi connectivity index (χ1n) is 7.12. The summed E-state index contributed by atoms with van der Waals surface area (Å²) in [4.78, 5) is 14.4. The zero-order valence-corrected chi connectivity index (χ0v) is 12.6. The van der Waals surface area contributed by atoms with E-state index in [1.54, 1.807) is 31.3 Å². The molecule has 22 heavy (non-hydrogen) atoms. The van der Waals surface area contributed by atoms with Gasteiger partial charge in [0.25, 0.3) is 0 Å². The van der Waals surface area contributed by atoms with Gasteiger partial charge in [0.1, 0.15) is 17.2 Å². The van der Waals surface area contributed by atoms with Crippen molar-refractivity contribution in [2.45, 2.75) is 6.42 Å². The monoisotopic (exact) mass is 298 g/mol. The van der Waals surface area contributed by atoms with Gasteiger partial charge in [-0.3, -0.25) is 4.90 Å². The Hall–Kier alpha value is -2.69. The van der Waals surface area contributed by atoms with E-state index in [1.165, 1.54) is 5.56 Å². The van der Waals surface area contributed by atoms with Gasteiger partial charge in [0, 0.05) is 12.2 Å². The fraction of sp³-hybridized carbons (Fsp3) is 0.235. The lowest BCUT2D eigenvalue weighted by Gasteiger charge is -2.20. The first-order valence-corrected chi connectivity index (χ1v) is 7.12. The van der Waals surface area contributed by atoms with Crippen molar-refractivity contribution in [1.82, 2.24) is 0 Å². The minimum absolute atomic E-state index is 0.187. The molecule has 0 radical (unpaired) electrons. The molecule has 1 heterocycles. The number of para-hydroxylation sites is 2. The van der Waals surface area contributed by atoms with Gasteiger partial charge in [-0.25, -0.2) is 4.79 Å². The number of hydrogen-bond acceptors (Lipinski definition) is 3. The molecule has 0 unspecified atom stereocenters. The van der Waals surface area contributed by atoms with Crippen LogP contribution in [0.2, 0.25) is 0 Å². The van der Waals surface area contributed by atoms with Crippen LogP contribution in [-0.4, -0.2) is 26.8 Å². The van der Waals surface area contributed by atoms with Gasteiger partial charge in [0.05, 0.1) is 14.2 Å². The number of methoxy groups -OCH3 is 2. The third-order valence-electron chi connectivity index (χ3n) is 3.79. The Balaban J connectivity index is 1.87. The number of nitrogens with zero attached hydrogens (tertiary/aromatic N) is 1. The smallest absolute Gasteiger partial charge is 0.326 e. The zero-order chi connectivity index (χ0) is 15.5. The predicted octanol–water partition coefficient (Wildman–Crippen LogP) is 3.30. The van der Waals surface area contributed by atoms with Gasteiger partial charge in [0.15, 0.2) is 0 Å². The molecule has 0 fully saturated rings. The van der Waals surface area contributed by atoms with Gasteiger partial charge in [-0.1, -0.05) is 24.3 Å². The zero-order valence-electron chi connectivity index (χ0n) is 12.6. The van der Waals surface area contributed by atoms with Crippen LogP contribution in [0.15, 0.2) is 42.5 Å². The summed E-state index contributed by atoms with van der Waals surface area (Å²) in [6, 6.07) is 13.1. The predicted molar refractivity (Wildman–Crippen MR) is 86.1 cm³/mol. The maximum Gasteiger partial charge on any atom is 0.326 e. The van der Waals surface area contributed by atoms with E-state index >= 15 is 0 Å². The molecular formula is C17H18N2O3. The number of anilines is 2. The molecule has 1 N–H and O–H groups in total. The van der Waals surface area contributed by atoms with Gasteiger partial charge < -0.3 is 14.8 Å². The average Bonchev–Trinajstić information content (AvgIpc) is 2.99. The number of rotatable bonds is 3. The number of fused-ring (bicyclic) bond motifs is 1. The molecule has 1 aliphatic rings. The number of urea groups is 1. The topological polar surface area (TPSA) is 50.8 Å². The van der Waals surface area contributed by atoms with Crippen LogP contribution in [-0.2, 0) is 6.42 Å². The van der Waals surface area contributed by atoms with Crippen LogP contribution < -0.4 is 19.7 Å². The van der Waals surface area contributed by atoms with Gasteiger partial charge >= 0.3 is 6.03 Å². The highest BCUT2D eigenvalue weighted by molar-refractivity contribution is 6.04. The first-order chi connectivity index (χ1) is 10.7. The Morgan fingerprint density at radius 1 is 1.05 bits per heavy atom. The van der Waals surface area contributed by atoms with Gasteiger partial charge in [0.2, 0.25) is 0 Å². The highest BCUT2D eigenvalue weighted by Crippen LogP contribution is 2.35. The summed E-state index contributed by atoms with van der Waals surface area (Å²) in [6.07, 6.45) is 0.868. The largest absolute Gasteiger partial charge is 0.494 e. The summed E-state index contributed by atoms with van der Waals surface area (Å²) < 4.78 is 10.6. The molecule has 0 aromatic heterocycles. The van der Waals surface area contributed by atoms with Crippen molar-refractivity contribution in [1.29, 1.82) is 0 Å². The molecule has 0 aliphatic carbocycles. The summed E-state index contributed by atoms with van der Waals surface area (Å²) in [5.74, 6) is 1.14. The minimum atomic E-state index is -0.187. The van der Waals surface area contributed by atoms with Gasteiger partial charge in [-0.05, 0) is 30.2 Å². The van der Waals surface area contributed by atoms with Crippen molar-refractivity contribution in [3.05, 3.63) is 48.0 Å². The van der Waals surface area contributed by atoms with Crippen LogP contribution in [0.3, 0.4) is 0 Å². The van der Waals surface area contributed by atoms with E-state index in [-0.39, 0.29) is 6.03 Å². The molecule has 3 rings (SSSR count). The fourth-order valence-electron chi connectivity index (χ4n) is 2.70. The summed E-state index contributed by atoms with van der Waals surface area (Å²) >= 11 is 0. The molecule has 5 heteroatoms. The summed E-state index contributed by atoms with van der Waals surface area (Å²) in [5.41, 5.74) is 2.68. The van der Waals surface area contributed by atoms with Gasteiger partial charge in [-0.2, -0.15) is 0 Å². The van der Waals surface area contributed by atoms with Crippen molar-refractivity contribution in [3.8, 4) is 11.5 Å². The molecule has 0 spiro atoms. The minimum Gasteiger partial charge on any atom is -0.494 e.